The van der Waals surface area contributed by atoms with Gasteiger partial charge in [0.1, 0.15) is 11.8 Å². The number of hydrogen-bond acceptors (Lipinski definition) is 5. The van der Waals surface area contributed by atoms with Crippen LogP contribution in [0.3, 0.4) is 0 Å². The Morgan fingerprint density at radius 2 is 2.00 bits per heavy atom. The predicted octanol–water partition coefficient (Wildman–Crippen LogP) is 2.98. The van der Waals surface area contributed by atoms with Crippen molar-refractivity contribution in [1.29, 1.82) is 0 Å². The molecule has 0 unspecified atom stereocenters. The predicted molar refractivity (Wildman–Crippen MR) is 125 cm³/mol. The van der Waals surface area contributed by atoms with Gasteiger partial charge in [-0.25, -0.2) is 8.42 Å². The summed E-state index contributed by atoms with van der Waals surface area (Å²) in [7, 11) is 0.0463. The monoisotopic (exact) mass is 457 g/mol. The fraction of sp³-hybridized carbons (Fsp3) is 0.238. The topological polar surface area (TPSA) is 88.5 Å². The molecule has 1 aliphatic heterocycles. The van der Waals surface area contributed by atoms with Gasteiger partial charge >= 0.3 is 0 Å². The molecule has 10 heteroatoms. The molecule has 2 atom stereocenters. The van der Waals surface area contributed by atoms with Gasteiger partial charge in [-0.3, -0.25) is 9.71 Å². The molecule has 1 aromatic carbocycles. The number of methoxy groups -OCH3 is 1. The van der Waals surface area contributed by atoms with Crippen LogP contribution >= 0.6 is 12.2 Å². The van der Waals surface area contributed by atoms with Crippen LogP contribution in [0.1, 0.15) is 23.5 Å². The maximum atomic E-state index is 11.7. The first kappa shape index (κ1) is 21.1. The minimum atomic E-state index is -3.44. The summed E-state index contributed by atoms with van der Waals surface area (Å²) in [5.74, 6) is 0.401. The lowest BCUT2D eigenvalue weighted by Gasteiger charge is -2.28. The summed E-state index contributed by atoms with van der Waals surface area (Å²) in [6, 6.07) is 14.8. The first-order chi connectivity index (χ1) is 14.8. The summed E-state index contributed by atoms with van der Waals surface area (Å²) in [4.78, 5) is 6.55. The number of aryl methyl sites for hydroxylation is 1. The van der Waals surface area contributed by atoms with Gasteiger partial charge in [-0.15, -0.1) is 0 Å². The highest BCUT2D eigenvalue weighted by Gasteiger charge is 2.42. The Hall–Kier alpha value is -3.11. The zero-order valence-corrected chi connectivity index (χ0v) is 18.9. The summed E-state index contributed by atoms with van der Waals surface area (Å²) < 4.78 is 33.4. The Balaban J connectivity index is 1.81. The van der Waals surface area contributed by atoms with Crippen molar-refractivity contribution in [2.45, 2.75) is 12.1 Å². The molecule has 0 saturated carbocycles. The lowest BCUT2D eigenvalue weighted by molar-refractivity contribution is 0.417. The number of sulfonamides is 1. The van der Waals surface area contributed by atoms with E-state index in [4.69, 9.17) is 17.0 Å². The van der Waals surface area contributed by atoms with E-state index in [9.17, 15) is 8.42 Å². The summed E-state index contributed by atoms with van der Waals surface area (Å²) >= 11 is 5.72. The number of anilines is 2. The zero-order valence-electron chi connectivity index (χ0n) is 17.3. The number of aromatic nitrogens is 2. The largest absolute Gasteiger partial charge is 0.494 e. The minimum absolute atomic E-state index is 0.165. The maximum absolute atomic E-state index is 11.7. The van der Waals surface area contributed by atoms with E-state index in [0.717, 1.165) is 23.3 Å². The van der Waals surface area contributed by atoms with Crippen molar-refractivity contribution in [2.24, 2.45) is 7.05 Å². The first-order valence-electron chi connectivity index (χ1n) is 9.56. The maximum Gasteiger partial charge on any atom is 0.229 e. The van der Waals surface area contributed by atoms with Crippen molar-refractivity contribution in [3.63, 3.8) is 0 Å². The highest BCUT2D eigenvalue weighted by molar-refractivity contribution is 7.92. The van der Waals surface area contributed by atoms with Crippen LogP contribution in [0, 0.1) is 0 Å². The highest BCUT2D eigenvalue weighted by Crippen LogP contribution is 2.43. The third kappa shape index (κ3) is 4.21. The molecule has 162 valence electrons. The molecule has 0 amide bonds. The van der Waals surface area contributed by atoms with Crippen molar-refractivity contribution in [3.8, 4) is 5.75 Å². The van der Waals surface area contributed by atoms with Crippen LogP contribution in [0.25, 0.3) is 0 Å². The van der Waals surface area contributed by atoms with Gasteiger partial charge in [0.25, 0.3) is 0 Å². The Bertz CT molecular complexity index is 1210. The van der Waals surface area contributed by atoms with E-state index in [1.807, 2.05) is 48.5 Å². The number of nitrogens with one attached hydrogen (secondary N) is 2. The van der Waals surface area contributed by atoms with E-state index >= 15 is 0 Å². The van der Waals surface area contributed by atoms with Crippen molar-refractivity contribution >= 4 is 38.7 Å². The zero-order chi connectivity index (χ0) is 22.2. The lowest BCUT2D eigenvalue weighted by atomic mass is 10.0. The molecule has 3 aromatic rings. The molecule has 3 heterocycles. The number of nitrogens with zero attached hydrogens (tertiary/aromatic N) is 3. The van der Waals surface area contributed by atoms with Crippen molar-refractivity contribution in [3.05, 3.63) is 72.3 Å². The molecule has 0 spiro atoms. The van der Waals surface area contributed by atoms with Crippen LogP contribution < -0.4 is 19.7 Å². The van der Waals surface area contributed by atoms with Gasteiger partial charge in [-0.2, -0.15) is 0 Å². The summed E-state index contributed by atoms with van der Waals surface area (Å²) in [6.45, 7) is 0. The molecule has 0 bridgehead atoms. The van der Waals surface area contributed by atoms with E-state index < -0.39 is 10.0 Å². The Morgan fingerprint density at radius 3 is 2.61 bits per heavy atom. The van der Waals surface area contributed by atoms with Gasteiger partial charge in [-0.05, 0) is 48.6 Å². The van der Waals surface area contributed by atoms with Gasteiger partial charge in [0.05, 0.1) is 30.8 Å². The van der Waals surface area contributed by atoms with Crippen LogP contribution in [-0.2, 0) is 17.1 Å². The molecule has 1 aliphatic rings. The third-order valence-corrected chi connectivity index (χ3v) is 6.05. The molecule has 31 heavy (non-hydrogen) atoms. The second-order valence-electron chi connectivity index (χ2n) is 7.30. The van der Waals surface area contributed by atoms with Crippen LogP contribution in [0.5, 0.6) is 5.75 Å². The van der Waals surface area contributed by atoms with Crippen LogP contribution in [0.4, 0.5) is 11.4 Å². The van der Waals surface area contributed by atoms with Gasteiger partial charge in [0, 0.05) is 36.9 Å². The Labute approximate surface area is 186 Å². The standard InChI is InChI=1S/C21H23N5O3S2/c1-25-12-6-8-17(25)20-19(16-7-4-5-11-22-16)23-21(30)26(20)14-9-10-15(18(13-14)29-2)24-31(3,27)28/h4-13,19-20,24H,1-3H3,(H,23,30)/t19-,20-/m1/s1. The lowest BCUT2D eigenvalue weighted by Crippen LogP contribution is -2.30. The van der Waals surface area contributed by atoms with Crippen LogP contribution in [-0.4, -0.2) is 36.4 Å². The molecular weight excluding hydrogens is 434 g/mol. The summed E-state index contributed by atoms with van der Waals surface area (Å²) in [5, 5.41) is 3.95. The van der Waals surface area contributed by atoms with E-state index in [2.05, 4.69) is 25.7 Å². The van der Waals surface area contributed by atoms with Crippen molar-refractivity contribution < 1.29 is 13.2 Å². The fourth-order valence-electron chi connectivity index (χ4n) is 3.83. The SMILES string of the molecule is COc1cc(N2C(=S)N[C@H](c3ccccn3)[C@H]2c2cccn2C)ccc1NS(C)(=O)=O. The smallest absolute Gasteiger partial charge is 0.229 e. The summed E-state index contributed by atoms with van der Waals surface area (Å²) in [6.07, 6.45) is 4.85. The molecule has 2 aromatic heterocycles. The van der Waals surface area contributed by atoms with Gasteiger partial charge in [0.2, 0.25) is 10.0 Å². The minimum Gasteiger partial charge on any atom is -0.494 e. The van der Waals surface area contributed by atoms with Crippen LogP contribution in [0.2, 0.25) is 0 Å². The normalized spacial score (nSPS) is 18.7. The highest BCUT2D eigenvalue weighted by atomic mass is 32.2. The molecule has 1 fully saturated rings. The molecule has 0 radical (unpaired) electrons. The first-order valence-corrected chi connectivity index (χ1v) is 11.9. The number of pyridine rings is 1. The average molecular weight is 458 g/mol. The van der Waals surface area contributed by atoms with E-state index in [0.29, 0.717) is 16.5 Å². The van der Waals surface area contributed by atoms with E-state index in [1.165, 1.54) is 7.11 Å². The van der Waals surface area contributed by atoms with Crippen molar-refractivity contribution in [2.75, 3.05) is 23.0 Å². The third-order valence-electron chi connectivity index (χ3n) is 5.14. The molecule has 4 rings (SSSR count). The van der Waals surface area contributed by atoms with Crippen molar-refractivity contribution in [1.82, 2.24) is 14.9 Å². The molecule has 8 nitrogen and oxygen atoms in total. The molecule has 1 saturated heterocycles. The van der Waals surface area contributed by atoms with E-state index in [1.54, 1.807) is 18.3 Å². The Kier molecular flexibility index (Phi) is 5.59. The molecular formula is C21H23N5O3S2. The fourth-order valence-corrected chi connectivity index (χ4v) is 4.74. The average Bonchev–Trinajstić information content (AvgIpc) is 3.30. The van der Waals surface area contributed by atoms with Crippen LogP contribution in [0.15, 0.2) is 60.9 Å². The number of ether oxygens (including phenoxy) is 1. The molecule has 2 N–H and O–H groups in total. The number of hydrogen-bond donors (Lipinski definition) is 2. The Morgan fingerprint density at radius 1 is 1.19 bits per heavy atom. The van der Waals surface area contributed by atoms with Gasteiger partial charge in [0.15, 0.2) is 5.11 Å². The van der Waals surface area contributed by atoms with E-state index in [-0.39, 0.29) is 12.1 Å². The second kappa shape index (κ2) is 8.20. The quantitative estimate of drug-likeness (QED) is 0.550. The summed E-state index contributed by atoms with van der Waals surface area (Å²) in [5.41, 5.74) is 3.07. The van der Waals surface area contributed by atoms with Gasteiger partial charge < -0.3 is 19.5 Å². The number of benzene rings is 1. The molecule has 0 aliphatic carbocycles. The van der Waals surface area contributed by atoms with Gasteiger partial charge in [-0.1, -0.05) is 6.07 Å². The number of thiocarbonyl (C=S) groups is 1. The number of rotatable bonds is 6. The second-order valence-corrected chi connectivity index (χ2v) is 9.43.